The van der Waals surface area contributed by atoms with Crippen LogP contribution in [0.25, 0.3) is 0 Å². The Hall–Kier alpha value is -2.59. The van der Waals surface area contributed by atoms with Crippen molar-refractivity contribution in [3.8, 4) is 0 Å². The minimum atomic E-state index is -4.23. The van der Waals surface area contributed by atoms with Crippen LogP contribution >= 0.6 is 0 Å². The van der Waals surface area contributed by atoms with Crippen molar-refractivity contribution in [1.29, 1.82) is 0 Å². The van der Waals surface area contributed by atoms with Crippen LogP contribution in [0.1, 0.15) is 13.1 Å². The predicted molar refractivity (Wildman–Crippen MR) is 79.5 cm³/mol. The molecule has 0 saturated heterocycles. The van der Waals surface area contributed by atoms with Crippen molar-refractivity contribution in [2.24, 2.45) is 0 Å². The Bertz CT molecular complexity index is 1010. The van der Waals surface area contributed by atoms with Gasteiger partial charge in [0.15, 0.2) is 17.5 Å². The summed E-state index contributed by atoms with van der Waals surface area (Å²) >= 11 is 0. The largest absolute Gasteiger partial charge is 0.370 e. The first kappa shape index (κ1) is 13.8. The zero-order valence-electron chi connectivity index (χ0n) is 13.7. The van der Waals surface area contributed by atoms with Crippen molar-refractivity contribution in [3.63, 3.8) is 0 Å². The molecule has 1 heterocycles. The number of benzene rings is 2. The average Bonchev–Trinajstić information content (AvgIpc) is 2.50. The number of hydrogen-bond donors (Lipinski definition) is 3. The van der Waals surface area contributed by atoms with E-state index in [9.17, 15) is 26.4 Å². The summed E-state index contributed by atoms with van der Waals surface area (Å²) in [5, 5.41) is 4.42. The quantitative estimate of drug-likeness (QED) is 0.716. The number of nitrogens with one attached hydrogen (secondary N) is 3. The van der Waals surface area contributed by atoms with Crippen LogP contribution in [0.15, 0.2) is 35.2 Å². The first-order valence-electron chi connectivity index (χ1n) is 7.41. The normalized spacial score (nSPS) is 18.6. The van der Waals surface area contributed by atoms with Gasteiger partial charge in [-0.1, -0.05) is 0 Å². The minimum Gasteiger partial charge on any atom is -0.370 e. The van der Waals surface area contributed by atoms with Crippen LogP contribution in [0.3, 0.4) is 0 Å². The summed E-state index contributed by atoms with van der Waals surface area (Å²) in [6.07, 6.45) is 0. The monoisotopic (exact) mass is 359 g/mol. The highest BCUT2D eigenvalue weighted by molar-refractivity contribution is 7.89. The van der Waals surface area contributed by atoms with Gasteiger partial charge >= 0.3 is 0 Å². The van der Waals surface area contributed by atoms with Gasteiger partial charge in [0.1, 0.15) is 4.90 Å². The fourth-order valence-corrected chi connectivity index (χ4v) is 3.02. The molecule has 0 saturated carbocycles. The summed E-state index contributed by atoms with van der Waals surface area (Å²) in [4.78, 5) is 11.8. The number of fused-ring (bicyclic) bond motifs is 1. The van der Waals surface area contributed by atoms with Crippen molar-refractivity contribution in [2.45, 2.75) is 4.90 Å². The van der Waals surface area contributed by atoms with E-state index in [2.05, 4.69) is 10.6 Å². The summed E-state index contributed by atoms with van der Waals surface area (Å²) in [7, 11) is -4.23. The van der Waals surface area contributed by atoms with E-state index in [1.807, 2.05) is 0 Å². The number of rotatable bonds is 2. The van der Waals surface area contributed by atoms with Gasteiger partial charge in [0.25, 0.3) is 5.91 Å². The Balaban J connectivity index is 1.93. The van der Waals surface area contributed by atoms with Crippen molar-refractivity contribution in [3.05, 3.63) is 53.3 Å². The molecule has 6 nitrogen and oxygen atoms in total. The molecule has 1 amide bonds. The summed E-state index contributed by atoms with van der Waals surface area (Å²) in [5.74, 6) is -5.58. The summed E-state index contributed by atoms with van der Waals surface area (Å²) in [5.41, 5.74) is -0.604. The van der Waals surface area contributed by atoms with E-state index < -0.39 is 40.0 Å². The van der Waals surface area contributed by atoms with Gasteiger partial charge in [-0.15, -0.1) is 0 Å². The zero-order valence-corrected chi connectivity index (χ0v) is 12.5. The third-order valence-electron chi connectivity index (χ3n) is 3.16. The van der Waals surface area contributed by atoms with Gasteiger partial charge in [-0.3, -0.25) is 4.79 Å². The van der Waals surface area contributed by atoms with E-state index in [1.165, 1.54) is 12.1 Å². The second kappa shape index (κ2) is 5.80. The molecule has 0 unspecified atom stereocenters. The van der Waals surface area contributed by atoms with Gasteiger partial charge in [0.05, 0.1) is 15.0 Å². The Morgan fingerprint density at radius 2 is 1.83 bits per heavy atom. The fourth-order valence-electron chi connectivity index (χ4n) is 2.04. The number of hydrogen-bond acceptors (Lipinski definition) is 4. The molecule has 0 spiro atoms. The molecule has 0 aliphatic carbocycles. The molecule has 24 heavy (non-hydrogen) atoms. The lowest BCUT2D eigenvalue weighted by Gasteiger charge is -2.19. The molecule has 0 radical (unpaired) electrons. The molecule has 3 N–H and O–H groups in total. The van der Waals surface area contributed by atoms with E-state index in [4.69, 9.17) is 2.74 Å². The first-order chi connectivity index (χ1) is 12.0. The van der Waals surface area contributed by atoms with Crippen LogP contribution in [-0.4, -0.2) is 20.9 Å². The zero-order chi connectivity index (χ0) is 19.3. The summed E-state index contributed by atoms with van der Waals surface area (Å²) in [6.45, 7) is -2.40. The second-order valence-electron chi connectivity index (χ2n) is 4.77. The van der Waals surface area contributed by atoms with Gasteiger partial charge in [0, 0.05) is 23.4 Å². The third-order valence-corrected chi connectivity index (χ3v) is 4.45. The molecule has 0 fully saturated rings. The van der Waals surface area contributed by atoms with E-state index in [0.29, 0.717) is 12.1 Å². The fraction of sp³-hybridized carbons (Fsp3) is 0.0714. The molecule has 1 aliphatic rings. The van der Waals surface area contributed by atoms with Gasteiger partial charge in [-0.2, -0.15) is 4.72 Å². The molecule has 126 valence electrons. The molecule has 1 aliphatic heterocycles. The lowest BCUT2D eigenvalue weighted by Crippen LogP contribution is -2.34. The van der Waals surface area contributed by atoms with Gasteiger partial charge in [-0.05, 0) is 18.2 Å². The number of carbonyl (C=O) groups excluding carboxylic acids is 1. The standard InChI is InChI=1S/C14H10F3N3O3S/c15-9-4-8(5-10(16)13(9)17)20-14(21)7-1-2-11-12(3-7)24(22,23)19-6-18-11/h1-5,18-19H,6H2,(H,20,21)/i6D2. The van der Waals surface area contributed by atoms with Crippen LogP contribution in [0.5, 0.6) is 0 Å². The number of amides is 1. The minimum absolute atomic E-state index is 0.0656. The second-order valence-corrected chi connectivity index (χ2v) is 6.43. The van der Waals surface area contributed by atoms with Crippen LogP contribution in [0.4, 0.5) is 24.5 Å². The maximum absolute atomic E-state index is 13.2. The number of sulfonamides is 1. The highest BCUT2D eigenvalue weighted by Crippen LogP contribution is 2.26. The molecule has 2 aromatic rings. The highest BCUT2D eigenvalue weighted by Gasteiger charge is 2.24. The molecule has 2 aromatic carbocycles. The molecule has 0 atom stereocenters. The van der Waals surface area contributed by atoms with Crippen molar-refractivity contribution in [2.75, 3.05) is 17.3 Å². The van der Waals surface area contributed by atoms with E-state index >= 15 is 0 Å². The average molecular weight is 359 g/mol. The predicted octanol–water partition coefficient (Wildman–Crippen LogP) is 2.02. The number of anilines is 2. The number of carbonyl (C=O) groups is 1. The van der Waals surface area contributed by atoms with Gasteiger partial charge in [-0.25, -0.2) is 21.6 Å². The Morgan fingerprint density at radius 1 is 1.17 bits per heavy atom. The lowest BCUT2D eigenvalue weighted by molar-refractivity contribution is 0.102. The SMILES string of the molecule is [2H]C1([2H])Nc2ccc(C(=O)Nc3cc(F)c(F)c(F)c3)cc2S(=O)(=O)N1. The molecule has 3 rings (SSSR count). The van der Waals surface area contributed by atoms with Crippen molar-refractivity contribution in [1.82, 2.24) is 4.72 Å². The first-order valence-corrected chi connectivity index (χ1v) is 7.89. The smallest absolute Gasteiger partial charge is 0.255 e. The Labute approximate surface area is 137 Å². The summed E-state index contributed by atoms with van der Waals surface area (Å²) < 4.78 is 80.1. The van der Waals surface area contributed by atoms with Gasteiger partial charge in [0.2, 0.25) is 10.0 Å². The van der Waals surface area contributed by atoms with Crippen LogP contribution in [-0.2, 0) is 10.0 Å². The van der Waals surface area contributed by atoms with Crippen LogP contribution < -0.4 is 15.4 Å². The maximum atomic E-state index is 13.2. The Kier molecular flexibility index (Phi) is 3.34. The molecular formula is C14H10F3N3O3S. The van der Waals surface area contributed by atoms with E-state index in [1.54, 1.807) is 4.72 Å². The van der Waals surface area contributed by atoms with Crippen LogP contribution in [0.2, 0.25) is 0 Å². The van der Waals surface area contributed by atoms with Crippen molar-refractivity contribution < 1.29 is 29.1 Å². The number of halogens is 3. The third kappa shape index (κ3) is 2.93. The van der Waals surface area contributed by atoms with Crippen LogP contribution in [0, 0.1) is 17.5 Å². The maximum Gasteiger partial charge on any atom is 0.255 e. The molecule has 10 heteroatoms. The Morgan fingerprint density at radius 3 is 2.50 bits per heavy atom. The molecule has 0 bridgehead atoms. The van der Waals surface area contributed by atoms with E-state index in [-0.39, 0.29) is 21.8 Å². The van der Waals surface area contributed by atoms with E-state index in [0.717, 1.165) is 6.07 Å². The van der Waals surface area contributed by atoms with Crippen molar-refractivity contribution >= 4 is 27.3 Å². The molecule has 0 aromatic heterocycles. The molecular weight excluding hydrogens is 347 g/mol. The lowest BCUT2D eigenvalue weighted by atomic mass is 10.2. The summed E-state index contributed by atoms with van der Waals surface area (Å²) in [6, 6.07) is 4.47. The topological polar surface area (TPSA) is 87.3 Å². The highest BCUT2D eigenvalue weighted by atomic mass is 32.2. The van der Waals surface area contributed by atoms with Gasteiger partial charge < -0.3 is 10.6 Å².